The smallest absolute Gasteiger partial charge is 0.238 e. The first-order valence-corrected chi connectivity index (χ1v) is 13.0. The fraction of sp³-hybridized carbons (Fsp3) is 0.481. The third-order valence-electron chi connectivity index (χ3n) is 6.24. The maximum Gasteiger partial charge on any atom is 0.238 e. The summed E-state index contributed by atoms with van der Waals surface area (Å²) in [7, 11) is 0. The monoisotopic (exact) mass is 553 g/mol. The Morgan fingerprint density at radius 2 is 1.97 bits per heavy atom. The van der Waals surface area contributed by atoms with Crippen molar-refractivity contribution in [2.45, 2.75) is 64.1 Å². The summed E-state index contributed by atoms with van der Waals surface area (Å²) in [6.45, 7) is 5.87. The minimum atomic E-state index is -1.01. The first kappa shape index (κ1) is 29.3. The van der Waals surface area contributed by atoms with E-state index in [2.05, 4.69) is 36.7 Å². The maximum absolute atomic E-state index is 14.4. The highest BCUT2D eigenvalue weighted by atomic mass is 35.5. The lowest BCUT2D eigenvalue weighted by atomic mass is 9.84. The van der Waals surface area contributed by atoms with Crippen LogP contribution in [0, 0.1) is 11.2 Å². The molecule has 2 aromatic carbocycles. The van der Waals surface area contributed by atoms with Crippen molar-refractivity contribution >= 4 is 40.7 Å². The zero-order chi connectivity index (χ0) is 27.3. The summed E-state index contributed by atoms with van der Waals surface area (Å²) in [5.41, 5.74) is 1.33. The van der Waals surface area contributed by atoms with Crippen LogP contribution in [0.25, 0.3) is 0 Å². The van der Waals surface area contributed by atoms with Crippen molar-refractivity contribution in [3.8, 4) is 0 Å². The molecule has 0 saturated heterocycles. The minimum absolute atomic E-state index is 0.105. The van der Waals surface area contributed by atoms with E-state index in [9.17, 15) is 19.1 Å². The van der Waals surface area contributed by atoms with E-state index in [4.69, 9.17) is 28.3 Å². The molecule has 10 heteroatoms. The number of aliphatic hydroxyl groups excluding tert-OH is 2. The number of anilines is 1. The molecule has 5 N–H and O–H groups in total. The van der Waals surface area contributed by atoms with Gasteiger partial charge in [0.1, 0.15) is 11.9 Å². The topological polar surface area (TPSA) is 111 Å². The fourth-order valence-electron chi connectivity index (χ4n) is 4.61. The largest absolute Gasteiger partial charge is 0.394 e. The Balaban J connectivity index is 2.09. The average molecular weight is 554 g/mol. The standard InChI is InChI=1S/C27H34Cl2FN3O4/c1-27(2,3)13-18-10-16-11-21(30)20(29)12-22(16)33-25(36)23(15-5-4-6-17(28)9-15)24(32-18)26(37)31-8-7-19(35)14-34/h4-6,9,11-12,18-19,23-24,32,34-35H,7-8,10,13-14H2,1-3H3,(H,31,37)(H,33,36)/t18-,19+,23?,24+/m0/s1. The van der Waals surface area contributed by atoms with Crippen LogP contribution in [-0.4, -0.2) is 53.4 Å². The first-order chi connectivity index (χ1) is 17.4. The summed E-state index contributed by atoms with van der Waals surface area (Å²) in [6, 6.07) is 8.15. The molecule has 1 heterocycles. The molecule has 1 aliphatic heterocycles. The highest BCUT2D eigenvalue weighted by Gasteiger charge is 2.39. The SMILES string of the molecule is CC(C)(C)C[C@@H]1Cc2cc(F)c(Cl)cc2NC(=O)C(c2cccc(Cl)c2)[C@H](C(=O)NCC[C@@H](O)CO)N1. The van der Waals surface area contributed by atoms with Crippen molar-refractivity contribution < 1.29 is 24.2 Å². The molecule has 4 atom stereocenters. The minimum Gasteiger partial charge on any atom is -0.394 e. The number of aliphatic hydroxyl groups is 2. The van der Waals surface area contributed by atoms with Crippen LogP contribution < -0.4 is 16.0 Å². The number of carbonyl (C=O) groups is 2. The summed E-state index contributed by atoms with van der Waals surface area (Å²) in [6.07, 6.45) is 0.150. The molecule has 3 rings (SSSR count). The van der Waals surface area contributed by atoms with E-state index in [1.54, 1.807) is 24.3 Å². The van der Waals surface area contributed by atoms with Crippen molar-refractivity contribution in [1.29, 1.82) is 0 Å². The lowest BCUT2D eigenvalue weighted by Crippen LogP contribution is -2.54. The number of rotatable bonds is 7. The van der Waals surface area contributed by atoms with Crippen LogP contribution in [-0.2, 0) is 16.0 Å². The highest BCUT2D eigenvalue weighted by molar-refractivity contribution is 6.31. The first-order valence-electron chi connectivity index (χ1n) is 12.2. The molecule has 37 heavy (non-hydrogen) atoms. The number of nitrogens with one attached hydrogen (secondary N) is 3. The van der Waals surface area contributed by atoms with Crippen molar-refractivity contribution in [2.24, 2.45) is 5.41 Å². The van der Waals surface area contributed by atoms with Gasteiger partial charge in [0.15, 0.2) is 0 Å². The Kier molecular flexibility index (Phi) is 9.94. The van der Waals surface area contributed by atoms with Crippen molar-refractivity contribution in [3.63, 3.8) is 0 Å². The Bertz CT molecular complexity index is 1130. The van der Waals surface area contributed by atoms with Gasteiger partial charge in [-0.2, -0.15) is 0 Å². The van der Waals surface area contributed by atoms with Gasteiger partial charge in [0.05, 0.1) is 23.7 Å². The number of hydrogen-bond donors (Lipinski definition) is 5. The molecule has 0 bridgehead atoms. The molecule has 0 spiro atoms. The summed E-state index contributed by atoms with van der Waals surface area (Å²) in [4.78, 5) is 27.3. The van der Waals surface area contributed by atoms with E-state index in [1.807, 2.05) is 0 Å². The normalized spacial score (nSPS) is 21.2. The lowest BCUT2D eigenvalue weighted by Gasteiger charge is -2.32. The zero-order valence-electron chi connectivity index (χ0n) is 21.2. The molecule has 0 aromatic heterocycles. The summed E-state index contributed by atoms with van der Waals surface area (Å²) in [5.74, 6) is -2.50. The Morgan fingerprint density at radius 1 is 1.24 bits per heavy atom. The number of benzene rings is 2. The van der Waals surface area contributed by atoms with Gasteiger partial charge in [0.2, 0.25) is 11.8 Å². The molecule has 2 amide bonds. The lowest BCUT2D eigenvalue weighted by molar-refractivity contribution is -0.128. The van der Waals surface area contributed by atoms with Gasteiger partial charge in [0, 0.05) is 23.3 Å². The number of amides is 2. The molecule has 2 aromatic rings. The summed E-state index contributed by atoms with van der Waals surface area (Å²) < 4.78 is 14.4. The summed E-state index contributed by atoms with van der Waals surface area (Å²) >= 11 is 12.3. The van der Waals surface area contributed by atoms with E-state index in [1.165, 1.54) is 12.1 Å². The Hall–Kier alpha value is -2.23. The van der Waals surface area contributed by atoms with Gasteiger partial charge in [-0.3, -0.25) is 9.59 Å². The predicted molar refractivity (Wildman–Crippen MR) is 143 cm³/mol. The molecule has 0 radical (unpaired) electrons. The molecule has 202 valence electrons. The molecule has 0 aliphatic carbocycles. The van der Waals surface area contributed by atoms with Gasteiger partial charge >= 0.3 is 0 Å². The van der Waals surface area contributed by atoms with Crippen LogP contribution in [0.3, 0.4) is 0 Å². The van der Waals surface area contributed by atoms with Crippen molar-refractivity contribution in [2.75, 3.05) is 18.5 Å². The molecule has 0 saturated carbocycles. The molecular formula is C27H34Cl2FN3O4. The molecule has 0 fully saturated rings. The van der Waals surface area contributed by atoms with Gasteiger partial charge in [-0.15, -0.1) is 0 Å². The quantitative estimate of drug-likeness (QED) is 0.355. The molecule has 1 unspecified atom stereocenters. The highest BCUT2D eigenvalue weighted by Crippen LogP contribution is 2.33. The summed E-state index contributed by atoms with van der Waals surface area (Å²) in [5, 5.41) is 28.1. The van der Waals surface area contributed by atoms with Gasteiger partial charge in [-0.05, 0) is 60.1 Å². The van der Waals surface area contributed by atoms with E-state index in [0.717, 1.165) is 0 Å². The van der Waals surface area contributed by atoms with Crippen LogP contribution in [0.1, 0.15) is 50.7 Å². The van der Waals surface area contributed by atoms with E-state index in [0.29, 0.717) is 34.7 Å². The zero-order valence-corrected chi connectivity index (χ0v) is 22.7. The van der Waals surface area contributed by atoms with Crippen molar-refractivity contribution in [1.82, 2.24) is 10.6 Å². The number of fused-ring (bicyclic) bond motifs is 1. The second kappa shape index (κ2) is 12.5. The van der Waals surface area contributed by atoms with Crippen LogP contribution in [0.4, 0.5) is 10.1 Å². The van der Waals surface area contributed by atoms with Crippen LogP contribution in [0.5, 0.6) is 0 Å². The van der Waals surface area contributed by atoms with E-state index < -0.39 is 42.3 Å². The van der Waals surface area contributed by atoms with Crippen LogP contribution in [0.2, 0.25) is 10.0 Å². The van der Waals surface area contributed by atoms with Crippen molar-refractivity contribution in [3.05, 3.63) is 63.4 Å². The van der Waals surface area contributed by atoms with Gasteiger partial charge in [-0.1, -0.05) is 56.1 Å². The Morgan fingerprint density at radius 3 is 2.62 bits per heavy atom. The molecule has 1 aliphatic rings. The fourth-order valence-corrected chi connectivity index (χ4v) is 4.98. The second-order valence-electron chi connectivity index (χ2n) is 10.7. The number of carbonyl (C=O) groups excluding carboxylic acids is 2. The number of hydrogen-bond acceptors (Lipinski definition) is 5. The van der Waals surface area contributed by atoms with Gasteiger partial charge in [0.25, 0.3) is 0 Å². The van der Waals surface area contributed by atoms with Crippen LogP contribution >= 0.6 is 23.2 Å². The average Bonchev–Trinajstić information content (AvgIpc) is 2.85. The Labute approximate surface area is 226 Å². The molecule has 7 nitrogen and oxygen atoms in total. The third kappa shape index (κ3) is 8.12. The molecular weight excluding hydrogens is 520 g/mol. The second-order valence-corrected chi connectivity index (χ2v) is 11.5. The van der Waals surface area contributed by atoms with Gasteiger partial charge < -0.3 is 26.2 Å². The van der Waals surface area contributed by atoms with Crippen LogP contribution in [0.15, 0.2) is 36.4 Å². The maximum atomic E-state index is 14.4. The van der Waals surface area contributed by atoms with E-state index in [-0.39, 0.29) is 29.4 Å². The third-order valence-corrected chi connectivity index (χ3v) is 6.76. The predicted octanol–water partition coefficient (Wildman–Crippen LogP) is 4.03. The van der Waals surface area contributed by atoms with Gasteiger partial charge in [-0.25, -0.2) is 4.39 Å². The number of halogens is 3. The van der Waals surface area contributed by atoms with E-state index >= 15 is 0 Å².